The largest absolute Gasteiger partial charge is 0.530 e. The van der Waals surface area contributed by atoms with E-state index in [0.29, 0.717) is 11.5 Å². The van der Waals surface area contributed by atoms with Gasteiger partial charge in [0.25, 0.3) is 11.8 Å². The van der Waals surface area contributed by atoms with Gasteiger partial charge in [0.15, 0.2) is 6.10 Å². The lowest BCUT2D eigenvalue weighted by molar-refractivity contribution is -0.953. The van der Waals surface area contributed by atoms with Gasteiger partial charge >= 0.3 is 16.4 Å². The van der Waals surface area contributed by atoms with Crippen molar-refractivity contribution >= 4 is 34.3 Å². The quantitative estimate of drug-likeness (QED) is 0.100. The lowest BCUT2D eigenvalue weighted by Gasteiger charge is -2.49. The predicted octanol–water partition coefficient (Wildman–Crippen LogP) is 2.70. The van der Waals surface area contributed by atoms with E-state index in [0.717, 1.165) is 85.3 Å². The van der Waals surface area contributed by atoms with Crippen LogP contribution in [-0.2, 0) is 29.1 Å². The first-order chi connectivity index (χ1) is 24.0. The van der Waals surface area contributed by atoms with Gasteiger partial charge in [0.1, 0.15) is 12.1 Å². The summed E-state index contributed by atoms with van der Waals surface area (Å²) in [5.41, 5.74) is 1.71. The first-order valence-electron chi connectivity index (χ1n) is 18.9. The molecule has 2 bridgehead atoms. The normalized spacial score (nSPS) is 21.2. The fourth-order valence-electron chi connectivity index (χ4n) is 8.03. The van der Waals surface area contributed by atoms with E-state index in [4.69, 9.17) is 9.39 Å². The molecule has 294 valence electrons. The third kappa shape index (κ3) is 11.1. The summed E-state index contributed by atoms with van der Waals surface area (Å²) >= 11 is 0. The van der Waals surface area contributed by atoms with Crippen molar-refractivity contribution in [1.29, 1.82) is 0 Å². The maximum atomic E-state index is 14.4. The van der Waals surface area contributed by atoms with Crippen molar-refractivity contribution < 1.29 is 50.9 Å². The summed E-state index contributed by atoms with van der Waals surface area (Å²) in [4.78, 5) is 62.5. The molecule has 0 aliphatic carbocycles. The van der Waals surface area contributed by atoms with Gasteiger partial charge in [-0.15, -0.1) is 4.28 Å². The number of carbonyl (C=O) groups excluding carboxylic acids is 4. The van der Waals surface area contributed by atoms with Crippen molar-refractivity contribution in [3.8, 4) is 0 Å². The van der Waals surface area contributed by atoms with Gasteiger partial charge in [0, 0.05) is 44.6 Å². The summed E-state index contributed by atoms with van der Waals surface area (Å²) < 4.78 is 37.3. The molecule has 3 aliphatic heterocycles. The topological polar surface area (TPSA) is 189 Å². The van der Waals surface area contributed by atoms with Crippen LogP contribution in [0, 0.1) is 5.41 Å². The lowest BCUT2D eigenvalue weighted by Crippen LogP contribution is -2.61. The van der Waals surface area contributed by atoms with Crippen molar-refractivity contribution in [2.45, 2.75) is 136 Å². The van der Waals surface area contributed by atoms with Crippen molar-refractivity contribution in [2.75, 3.05) is 52.4 Å². The third-order valence-corrected chi connectivity index (χ3v) is 11.2. The number of fused-ring (bicyclic) bond motifs is 2. The third-order valence-electron chi connectivity index (χ3n) is 10.9. The number of carbonyl (C=O) groups is 4. The smallest absolute Gasteiger partial charge is 0.418 e. The Hall–Kier alpha value is -2.73. The second-order valence-corrected chi connectivity index (χ2v) is 16.1. The number of hydrogen-bond acceptors (Lipinski definition) is 9. The molecular weight excluding hydrogens is 684 g/mol. The van der Waals surface area contributed by atoms with E-state index in [2.05, 4.69) is 37.5 Å². The Morgan fingerprint density at radius 1 is 0.941 bits per heavy atom. The number of nitrogens with one attached hydrogen (secondary N) is 1. The molecule has 0 radical (unpaired) electrons. The van der Waals surface area contributed by atoms with Gasteiger partial charge in [0.05, 0.1) is 31.7 Å². The van der Waals surface area contributed by atoms with Crippen LogP contribution in [-0.4, -0.2) is 138 Å². The van der Waals surface area contributed by atoms with Crippen molar-refractivity contribution in [3.05, 3.63) is 0 Å². The molecule has 5 amide bonds. The second-order valence-electron chi connectivity index (χ2n) is 15.1. The molecule has 0 aromatic heterocycles. The van der Waals surface area contributed by atoms with Gasteiger partial charge in [-0.05, 0) is 38.5 Å². The number of urea groups is 1. The van der Waals surface area contributed by atoms with Gasteiger partial charge in [-0.1, -0.05) is 67.2 Å². The van der Waals surface area contributed by atoms with Gasteiger partial charge in [-0.3, -0.25) is 19.0 Å². The zero-order chi connectivity index (χ0) is 38.0. The monoisotopic (exact) mass is 746 g/mol. The Morgan fingerprint density at radius 3 is 1.98 bits per heavy atom. The molecular formula is C34H62N6O10S. The summed E-state index contributed by atoms with van der Waals surface area (Å²) in [6.45, 7) is 16.4. The molecule has 3 fully saturated rings. The molecule has 3 heterocycles. The fraction of sp³-hybridized carbons (Fsp3) is 0.882. The number of amides is 5. The van der Waals surface area contributed by atoms with Crippen LogP contribution < -0.4 is 10.6 Å². The minimum Gasteiger partial charge on any atom is -0.530 e. The van der Waals surface area contributed by atoms with Crippen LogP contribution >= 0.6 is 0 Å². The first kappa shape index (κ1) is 42.7. The summed E-state index contributed by atoms with van der Waals surface area (Å²) in [6, 6.07) is -2.34. The second kappa shape index (κ2) is 18.9. The van der Waals surface area contributed by atoms with E-state index >= 15 is 0 Å². The van der Waals surface area contributed by atoms with Gasteiger partial charge in [-0.2, -0.15) is 13.5 Å². The number of hydrogen-bond donors (Lipinski definition) is 2. The summed E-state index contributed by atoms with van der Waals surface area (Å²) in [6.07, 6.45) is 7.07. The molecule has 16 nitrogen and oxygen atoms in total. The highest BCUT2D eigenvalue weighted by Gasteiger charge is 2.51. The van der Waals surface area contributed by atoms with E-state index < -0.39 is 52.0 Å². The highest BCUT2D eigenvalue weighted by atomic mass is 32.3. The number of quaternary nitrogens is 1. The SMILES string of the molecule is CCCC[N+](CCCC)(CCCC)C(CCC)CC(C)(C)C(ONC(=O)[C@@H]1CC[C@@H]2CN1C(=O)N2OS(=O)(=O)O)C(=O)N1CCN(C(=O)[O-])CC1. The summed E-state index contributed by atoms with van der Waals surface area (Å²) in [5, 5.41) is 12.0. The van der Waals surface area contributed by atoms with E-state index in [1.807, 2.05) is 13.8 Å². The molecule has 0 saturated carbocycles. The van der Waals surface area contributed by atoms with Crippen LogP contribution in [0.15, 0.2) is 0 Å². The molecule has 4 atom stereocenters. The molecule has 51 heavy (non-hydrogen) atoms. The van der Waals surface area contributed by atoms with Crippen LogP contribution in [0.3, 0.4) is 0 Å². The summed E-state index contributed by atoms with van der Waals surface area (Å²) in [5.74, 6) is -1.04. The van der Waals surface area contributed by atoms with E-state index in [9.17, 15) is 32.7 Å². The lowest BCUT2D eigenvalue weighted by atomic mass is 9.77. The predicted molar refractivity (Wildman–Crippen MR) is 187 cm³/mol. The van der Waals surface area contributed by atoms with E-state index in [1.54, 1.807) is 4.90 Å². The average molecular weight is 747 g/mol. The molecule has 0 spiro atoms. The minimum absolute atomic E-state index is 0.00891. The maximum absolute atomic E-state index is 14.4. The molecule has 3 aliphatic rings. The average Bonchev–Trinajstić information content (AvgIpc) is 3.30. The molecule has 0 aromatic rings. The highest BCUT2D eigenvalue weighted by Crippen LogP contribution is 2.37. The maximum Gasteiger partial charge on any atom is 0.418 e. The highest BCUT2D eigenvalue weighted by molar-refractivity contribution is 7.80. The minimum atomic E-state index is -4.95. The zero-order valence-corrected chi connectivity index (χ0v) is 32.3. The number of carboxylic acid groups (broad SMARTS) is 1. The molecule has 2 N–H and O–H groups in total. The first-order valence-corrected chi connectivity index (χ1v) is 20.2. The summed E-state index contributed by atoms with van der Waals surface area (Å²) in [7, 11) is -4.95. The zero-order valence-electron chi connectivity index (χ0n) is 31.5. The van der Waals surface area contributed by atoms with Crippen molar-refractivity contribution in [2.24, 2.45) is 5.41 Å². The molecule has 17 heteroatoms. The standard InChI is InChI=1S/C34H62N6O10S/c1-7-11-21-40(22-12-8-2,23-13-9-3)27(14-10-4)24-34(5,6)29(31(42)36-17-19-37(20-18-36)33(44)45)49-35-30(41)28-16-15-26-25-38(28)32(43)39(26)50-51(46,47)48/h26-29H,7-25H2,1-6H3,(H2-,35,41,44,45,46,47,48)/t26-,27?,28+,29?/m1/s1. The van der Waals surface area contributed by atoms with Gasteiger partial charge in [0.2, 0.25) is 0 Å². The van der Waals surface area contributed by atoms with Crippen LogP contribution in [0.4, 0.5) is 9.59 Å². The van der Waals surface area contributed by atoms with Gasteiger partial charge < -0.3 is 29.1 Å². The molecule has 2 unspecified atom stereocenters. The van der Waals surface area contributed by atoms with Crippen LogP contribution in [0.1, 0.15) is 112 Å². The Kier molecular flexibility index (Phi) is 15.8. The van der Waals surface area contributed by atoms with Crippen molar-refractivity contribution in [3.63, 3.8) is 0 Å². The number of piperazine rings is 1. The van der Waals surface area contributed by atoms with Crippen LogP contribution in [0.5, 0.6) is 0 Å². The number of nitrogens with zero attached hydrogens (tertiary/aromatic N) is 5. The van der Waals surface area contributed by atoms with E-state index in [1.165, 1.54) is 0 Å². The number of piperidine rings is 1. The Balaban J connectivity index is 1.91. The Bertz CT molecular complexity index is 1270. The number of rotatable bonds is 21. The van der Waals surface area contributed by atoms with Gasteiger partial charge in [-0.25, -0.2) is 10.3 Å². The van der Waals surface area contributed by atoms with Crippen molar-refractivity contribution in [1.82, 2.24) is 25.2 Å². The molecule has 0 aromatic carbocycles. The molecule has 3 rings (SSSR count). The number of hydroxylamine groups is 3. The van der Waals surface area contributed by atoms with E-state index in [-0.39, 0.29) is 57.5 Å². The number of unbranched alkanes of at least 4 members (excludes halogenated alkanes) is 3. The Labute approximate surface area is 304 Å². The van der Waals surface area contributed by atoms with Crippen LogP contribution in [0.25, 0.3) is 0 Å². The molecule has 3 saturated heterocycles. The Morgan fingerprint density at radius 2 is 1.49 bits per heavy atom. The van der Waals surface area contributed by atoms with Crippen LogP contribution in [0.2, 0.25) is 0 Å². The fourth-order valence-corrected chi connectivity index (χ4v) is 8.42.